The highest BCUT2D eigenvalue weighted by molar-refractivity contribution is 5.77. The van der Waals surface area contributed by atoms with E-state index in [0.717, 1.165) is 33.8 Å². The van der Waals surface area contributed by atoms with Gasteiger partial charge in [0.1, 0.15) is 18.1 Å². The highest BCUT2D eigenvalue weighted by atomic mass is 16.5. The molecule has 0 saturated carbocycles. The summed E-state index contributed by atoms with van der Waals surface area (Å²) in [6, 6.07) is 18.1. The van der Waals surface area contributed by atoms with E-state index in [0.29, 0.717) is 6.61 Å². The SMILES string of the molecule is NC1=N[C@@]2(CO1)c1ccccc1Oc1ccc(-c3cccnc3)cc12. The number of ether oxygens (including phenoxy) is 2. The van der Waals surface area contributed by atoms with Gasteiger partial charge in [-0.15, -0.1) is 0 Å². The number of hydrogen-bond acceptors (Lipinski definition) is 5. The summed E-state index contributed by atoms with van der Waals surface area (Å²) >= 11 is 0. The van der Waals surface area contributed by atoms with Gasteiger partial charge in [0.2, 0.25) is 0 Å². The van der Waals surface area contributed by atoms with E-state index in [1.54, 1.807) is 6.20 Å². The van der Waals surface area contributed by atoms with Crippen molar-refractivity contribution in [1.29, 1.82) is 0 Å². The molecule has 1 aromatic heterocycles. The van der Waals surface area contributed by atoms with Crippen LogP contribution in [0.15, 0.2) is 72.0 Å². The summed E-state index contributed by atoms with van der Waals surface area (Å²) < 4.78 is 11.7. The van der Waals surface area contributed by atoms with Gasteiger partial charge >= 0.3 is 0 Å². The fourth-order valence-corrected chi connectivity index (χ4v) is 3.52. The van der Waals surface area contributed by atoms with Crippen LogP contribution in [-0.2, 0) is 10.3 Å². The number of amidine groups is 1. The summed E-state index contributed by atoms with van der Waals surface area (Å²) in [7, 11) is 0. The molecule has 0 saturated heterocycles. The van der Waals surface area contributed by atoms with Crippen LogP contribution in [0.5, 0.6) is 11.5 Å². The van der Waals surface area contributed by atoms with E-state index in [1.165, 1.54) is 0 Å². The van der Waals surface area contributed by atoms with E-state index < -0.39 is 5.54 Å². The van der Waals surface area contributed by atoms with Gasteiger partial charge in [0.05, 0.1) is 0 Å². The van der Waals surface area contributed by atoms with Crippen molar-refractivity contribution in [3.63, 3.8) is 0 Å². The second-order valence-electron chi connectivity index (χ2n) is 6.15. The minimum absolute atomic E-state index is 0.203. The molecule has 25 heavy (non-hydrogen) atoms. The molecular formula is C20H15N3O2. The third-order valence-corrected chi connectivity index (χ3v) is 4.70. The smallest absolute Gasteiger partial charge is 0.283 e. The van der Waals surface area contributed by atoms with Crippen molar-refractivity contribution in [2.75, 3.05) is 6.61 Å². The van der Waals surface area contributed by atoms with Gasteiger partial charge in [-0.2, -0.15) is 0 Å². The molecule has 122 valence electrons. The van der Waals surface area contributed by atoms with Gasteiger partial charge in [0.25, 0.3) is 6.02 Å². The lowest BCUT2D eigenvalue weighted by Crippen LogP contribution is -2.31. The molecule has 0 fully saturated rings. The van der Waals surface area contributed by atoms with Crippen molar-refractivity contribution in [2.45, 2.75) is 5.54 Å². The van der Waals surface area contributed by atoms with Crippen molar-refractivity contribution < 1.29 is 9.47 Å². The number of pyridine rings is 1. The summed E-state index contributed by atoms with van der Waals surface area (Å²) in [4.78, 5) is 8.88. The van der Waals surface area contributed by atoms with Crippen molar-refractivity contribution in [2.24, 2.45) is 10.7 Å². The van der Waals surface area contributed by atoms with Gasteiger partial charge in [0, 0.05) is 29.1 Å². The maximum Gasteiger partial charge on any atom is 0.283 e. The molecule has 0 bridgehead atoms. The fourth-order valence-electron chi connectivity index (χ4n) is 3.52. The predicted octanol–water partition coefficient (Wildman–Crippen LogP) is 3.44. The summed E-state index contributed by atoms with van der Waals surface area (Å²) in [6.07, 6.45) is 3.60. The van der Waals surface area contributed by atoms with Crippen LogP contribution in [0.25, 0.3) is 11.1 Å². The summed E-state index contributed by atoms with van der Waals surface area (Å²) in [5, 5.41) is 0. The van der Waals surface area contributed by atoms with Gasteiger partial charge < -0.3 is 15.2 Å². The van der Waals surface area contributed by atoms with E-state index >= 15 is 0 Å². The second-order valence-corrected chi connectivity index (χ2v) is 6.15. The number of hydrogen-bond donors (Lipinski definition) is 1. The number of benzene rings is 2. The molecule has 1 atom stereocenters. The molecule has 2 aliphatic heterocycles. The Bertz CT molecular complexity index is 1000. The van der Waals surface area contributed by atoms with Gasteiger partial charge in [0.15, 0.2) is 5.54 Å². The number of aromatic nitrogens is 1. The van der Waals surface area contributed by atoms with E-state index in [4.69, 9.17) is 15.2 Å². The Balaban J connectivity index is 1.75. The molecule has 5 nitrogen and oxygen atoms in total. The molecule has 0 aliphatic carbocycles. The van der Waals surface area contributed by atoms with Crippen molar-refractivity contribution in [3.8, 4) is 22.6 Å². The lowest BCUT2D eigenvalue weighted by molar-refractivity contribution is 0.264. The van der Waals surface area contributed by atoms with Crippen molar-refractivity contribution in [1.82, 2.24) is 4.98 Å². The third-order valence-electron chi connectivity index (χ3n) is 4.70. The van der Waals surface area contributed by atoms with Crippen LogP contribution >= 0.6 is 0 Å². The molecule has 0 unspecified atom stereocenters. The monoisotopic (exact) mass is 329 g/mol. The maximum atomic E-state index is 6.11. The third kappa shape index (κ3) is 2.02. The first-order valence-corrected chi connectivity index (χ1v) is 8.07. The molecular weight excluding hydrogens is 314 g/mol. The molecule has 2 aromatic carbocycles. The lowest BCUT2D eigenvalue weighted by Gasteiger charge is -2.33. The van der Waals surface area contributed by atoms with E-state index in [9.17, 15) is 0 Å². The molecule has 0 radical (unpaired) electrons. The average molecular weight is 329 g/mol. The molecule has 1 spiro atoms. The van der Waals surface area contributed by atoms with Crippen LogP contribution in [0.3, 0.4) is 0 Å². The topological polar surface area (TPSA) is 69.7 Å². The highest BCUT2D eigenvalue weighted by Crippen LogP contribution is 2.51. The van der Waals surface area contributed by atoms with E-state index in [1.807, 2.05) is 54.7 Å². The Morgan fingerprint density at radius 2 is 1.80 bits per heavy atom. The largest absolute Gasteiger partial charge is 0.462 e. The second kappa shape index (κ2) is 5.08. The maximum absolute atomic E-state index is 6.11. The average Bonchev–Trinajstić information content (AvgIpc) is 3.05. The molecule has 2 aliphatic rings. The standard InChI is InChI=1S/C20H15N3O2/c21-19-23-20(12-24-19)15-5-1-2-6-17(15)25-18-8-7-13(10-16(18)20)14-4-3-9-22-11-14/h1-11H,12H2,(H2,21,23)/t20-/m0/s1. The highest BCUT2D eigenvalue weighted by Gasteiger charge is 2.46. The summed E-state index contributed by atoms with van der Waals surface area (Å²) in [5.41, 5.74) is 9.21. The van der Waals surface area contributed by atoms with Crippen LogP contribution in [-0.4, -0.2) is 17.6 Å². The first-order chi connectivity index (χ1) is 12.3. The normalized spacial score (nSPS) is 20.2. The van der Waals surface area contributed by atoms with Gasteiger partial charge in [-0.25, -0.2) is 4.99 Å². The van der Waals surface area contributed by atoms with Crippen molar-refractivity contribution >= 4 is 6.02 Å². The fraction of sp³-hybridized carbons (Fsp3) is 0.100. The molecule has 5 rings (SSSR count). The summed E-state index contributed by atoms with van der Waals surface area (Å²) in [5.74, 6) is 1.56. The molecule has 3 heterocycles. The van der Waals surface area contributed by atoms with Gasteiger partial charge in [-0.3, -0.25) is 4.98 Å². The zero-order valence-electron chi connectivity index (χ0n) is 13.3. The lowest BCUT2D eigenvalue weighted by atomic mass is 9.80. The minimum atomic E-state index is -0.674. The van der Waals surface area contributed by atoms with Crippen LogP contribution in [0, 0.1) is 0 Å². The molecule has 0 amide bonds. The van der Waals surface area contributed by atoms with Gasteiger partial charge in [-0.05, 0) is 29.8 Å². The Labute approximate surface area is 144 Å². The van der Waals surface area contributed by atoms with Crippen LogP contribution in [0.2, 0.25) is 0 Å². The predicted molar refractivity (Wildman–Crippen MR) is 94.5 cm³/mol. The van der Waals surface area contributed by atoms with Crippen LogP contribution in [0.1, 0.15) is 11.1 Å². The number of rotatable bonds is 1. The van der Waals surface area contributed by atoms with Crippen LogP contribution < -0.4 is 10.5 Å². The minimum Gasteiger partial charge on any atom is -0.462 e. The Morgan fingerprint density at radius 1 is 0.920 bits per heavy atom. The van der Waals surface area contributed by atoms with E-state index in [-0.39, 0.29) is 6.02 Å². The Kier molecular flexibility index (Phi) is 2.85. The number of para-hydroxylation sites is 1. The number of nitrogens with two attached hydrogens (primary N) is 1. The molecule has 2 N–H and O–H groups in total. The summed E-state index contributed by atoms with van der Waals surface area (Å²) in [6.45, 7) is 0.364. The van der Waals surface area contributed by atoms with E-state index in [2.05, 4.69) is 16.0 Å². The zero-order valence-corrected chi connectivity index (χ0v) is 13.3. The molecule has 3 aromatic rings. The Hall–Kier alpha value is -3.34. The first-order valence-electron chi connectivity index (χ1n) is 8.07. The van der Waals surface area contributed by atoms with Crippen LogP contribution in [0.4, 0.5) is 0 Å². The first kappa shape index (κ1) is 14.0. The molecule has 5 heteroatoms. The van der Waals surface area contributed by atoms with Gasteiger partial charge in [-0.1, -0.05) is 30.3 Å². The number of fused-ring (bicyclic) bond motifs is 4. The number of aliphatic imine (C=N–C) groups is 1. The quantitative estimate of drug-likeness (QED) is 0.742. The number of nitrogens with zero attached hydrogens (tertiary/aromatic N) is 2. The Morgan fingerprint density at radius 3 is 2.60 bits per heavy atom. The zero-order chi connectivity index (χ0) is 16.9. The van der Waals surface area contributed by atoms with Crippen molar-refractivity contribution in [3.05, 3.63) is 78.1 Å².